The van der Waals surface area contributed by atoms with Crippen LogP contribution in [0.3, 0.4) is 0 Å². The second kappa shape index (κ2) is 14.4. The Morgan fingerprint density at radius 3 is 1.81 bits per heavy atom. The maximum atomic E-state index is 13.4. The lowest BCUT2D eigenvalue weighted by Crippen LogP contribution is -2.53. The van der Waals surface area contributed by atoms with E-state index in [1.807, 2.05) is 91.0 Å². The average molecular weight is 578 g/mol. The molecule has 1 heterocycles. The summed E-state index contributed by atoms with van der Waals surface area (Å²) in [7, 11) is 0. The number of halogens is 3. The molecule has 1 aliphatic carbocycles. The van der Waals surface area contributed by atoms with Crippen LogP contribution in [-0.2, 0) is 40.2 Å². The van der Waals surface area contributed by atoms with Gasteiger partial charge in [0, 0.05) is 5.92 Å². The van der Waals surface area contributed by atoms with Gasteiger partial charge in [0.15, 0.2) is 5.69 Å². The van der Waals surface area contributed by atoms with Crippen molar-refractivity contribution in [2.24, 2.45) is 5.92 Å². The molecule has 0 amide bonds. The average Bonchev–Trinajstić information content (AvgIpc) is 3.01. The topological polar surface area (TPSA) is 65.5 Å². The fourth-order valence-corrected chi connectivity index (χ4v) is 5.19. The van der Waals surface area contributed by atoms with Gasteiger partial charge in [-0.05, 0) is 29.5 Å². The first kappa shape index (κ1) is 29.7. The van der Waals surface area contributed by atoms with Gasteiger partial charge in [0.2, 0.25) is 0 Å². The van der Waals surface area contributed by atoms with Crippen LogP contribution in [0.1, 0.15) is 35.2 Å². The Morgan fingerprint density at radius 2 is 1.24 bits per heavy atom. The third-order valence-electron chi connectivity index (χ3n) is 7.31. The van der Waals surface area contributed by atoms with E-state index in [9.17, 15) is 13.2 Å². The van der Waals surface area contributed by atoms with Crippen LogP contribution < -0.4 is 5.32 Å². The summed E-state index contributed by atoms with van der Waals surface area (Å²) in [6, 6.07) is 29.2. The lowest BCUT2D eigenvalue weighted by Gasteiger charge is -2.43. The van der Waals surface area contributed by atoms with E-state index in [-0.39, 0.29) is 17.8 Å². The van der Waals surface area contributed by atoms with Crippen LogP contribution in [0.5, 0.6) is 0 Å². The van der Waals surface area contributed by atoms with Crippen LogP contribution in [0, 0.1) is 5.92 Å². The number of nitrogens with zero attached hydrogens (tertiary/aromatic N) is 2. The highest BCUT2D eigenvalue weighted by Crippen LogP contribution is 2.34. The van der Waals surface area contributed by atoms with Gasteiger partial charge >= 0.3 is 6.18 Å². The molecule has 0 radical (unpaired) electrons. The van der Waals surface area contributed by atoms with Crippen molar-refractivity contribution in [2.45, 2.75) is 57.1 Å². The summed E-state index contributed by atoms with van der Waals surface area (Å²) in [5, 5.41) is 3.19. The van der Waals surface area contributed by atoms with Crippen molar-refractivity contribution in [3.63, 3.8) is 0 Å². The number of hydrogen-bond acceptors (Lipinski definition) is 6. The van der Waals surface area contributed by atoms with E-state index in [0.29, 0.717) is 32.8 Å². The molecule has 42 heavy (non-hydrogen) atoms. The fraction of sp³-hybridized carbons (Fsp3) is 0.333. The van der Waals surface area contributed by atoms with E-state index in [1.165, 1.54) is 6.20 Å². The lowest BCUT2D eigenvalue weighted by atomic mass is 9.81. The zero-order valence-corrected chi connectivity index (χ0v) is 23.1. The number of rotatable bonds is 12. The van der Waals surface area contributed by atoms with Crippen LogP contribution >= 0.6 is 0 Å². The molecule has 220 valence electrons. The molecule has 6 nitrogen and oxygen atoms in total. The molecule has 1 fully saturated rings. The number of alkyl halides is 3. The number of benzene rings is 3. The number of nitrogens with one attached hydrogen (secondary N) is 1. The van der Waals surface area contributed by atoms with Crippen molar-refractivity contribution in [3.05, 3.63) is 126 Å². The molecule has 4 aromatic rings. The van der Waals surface area contributed by atoms with Crippen LogP contribution in [0.15, 0.2) is 103 Å². The highest BCUT2D eigenvalue weighted by atomic mass is 19.4. The Balaban J connectivity index is 1.38. The molecular formula is C33H34F3N3O3. The second-order valence-corrected chi connectivity index (χ2v) is 10.4. The molecule has 1 aliphatic rings. The molecule has 0 aliphatic heterocycles. The molecule has 0 spiro atoms. The number of anilines is 1. The molecule has 3 aromatic carbocycles. The maximum Gasteiger partial charge on any atom is 0.434 e. The molecule has 5 rings (SSSR count). The van der Waals surface area contributed by atoms with Crippen LogP contribution in [0.2, 0.25) is 0 Å². The fourth-order valence-electron chi connectivity index (χ4n) is 5.19. The molecule has 0 unspecified atom stereocenters. The van der Waals surface area contributed by atoms with Crippen LogP contribution in [-0.4, -0.2) is 34.8 Å². The van der Waals surface area contributed by atoms with E-state index in [1.54, 1.807) is 0 Å². The van der Waals surface area contributed by atoms with Gasteiger partial charge in [-0.15, -0.1) is 0 Å². The zero-order valence-electron chi connectivity index (χ0n) is 23.1. The van der Waals surface area contributed by atoms with Crippen molar-refractivity contribution in [1.29, 1.82) is 0 Å². The molecule has 1 aromatic heterocycles. The van der Waals surface area contributed by atoms with Gasteiger partial charge in [-0.2, -0.15) is 13.2 Å². The SMILES string of the molecule is FC(F)(F)c1cncc(N[C@H]2CC[C@H](COCc3ccccc3)[C@H](OCc3ccccc3)[C@@H]2OCc2ccccc2)n1. The molecular weight excluding hydrogens is 543 g/mol. The van der Waals surface area contributed by atoms with Crippen LogP contribution in [0.4, 0.5) is 19.0 Å². The van der Waals surface area contributed by atoms with Gasteiger partial charge < -0.3 is 19.5 Å². The highest BCUT2D eigenvalue weighted by molar-refractivity contribution is 5.35. The summed E-state index contributed by atoms with van der Waals surface area (Å²) in [4.78, 5) is 7.57. The zero-order chi connectivity index (χ0) is 29.2. The first-order valence-corrected chi connectivity index (χ1v) is 14.0. The smallest absolute Gasteiger partial charge is 0.376 e. The van der Waals surface area contributed by atoms with Crippen molar-refractivity contribution >= 4 is 5.82 Å². The van der Waals surface area contributed by atoms with Gasteiger partial charge in [-0.3, -0.25) is 4.98 Å². The summed E-state index contributed by atoms with van der Waals surface area (Å²) in [6.07, 6.45) is -2.10. The van der Waals surface area contributed by atoms with Gasteiger partial charge in [0.25, 0.3) is 0 Å². The summed E-state index contributed by atoms with van der Waals surface area (Å²) in [6.45, 7) is 1.61. The predicted molar refractivity (Wildman–Crippen MR) is 153 cm³/mol. The largest absolute Gasteiger partial charge is 0.434 e. The summed E-state index contributed by atoms with van der Waals surface area (Å²) >= 11 is 0. The minimum atomic E-state index is -4.59. The van der Waals surface area contributed by atoms with Crippen LogP contribution in [0.25, 0.3) is 0 Å². The van der Waals surface area contributed by atoms with E-state index in [0.717, 1.165) is 29.3 Å². The minimum Gasteiger partial charge on any atom is -0.376 e. The van der Waals surface area contributed by atoms with Crippen molar-refractivity contribution in [1.82, 2.24) is 9.97 Å². The maximum absolute atomic E-state index is 13.4. The number of aromatic nitrogens is 2. The number of ether oxygens (including phenoxy) is 3. The molecule has 1 N–H and O–H groups in total. The Kier molecular flexibility index (Phi) is 10.2. The lowest BCUT2D eigenvalue weighted by molar-refractivity contribution is -0.145. The molecule has 4 atom stereocenters. The normalized spacial score (nSPS) is 20.7. The Bertz CT molecular complexity index is 1360. The standard InChI is InChI=1S/C33H34F3N3O3/c34-33(35,36)29-18-37-19-30(39-29)38-28-17-16-27(23-40-20-24-10-4-1-5-11-24)31(41-21-25-12-6-2-7-13-25)32(28)42-22-26-14-8-3-9-15-26/h1-15,18-19,27-28,31-32H,16-17,20-23H2,(H,38,39)/t27-,28+,31+,32-/m1/s1. The molecule has 1 saturated carbocycles. The predicted octanol–water partition coefficient (Wildman–Crippen LogP) is 7.07. The van der Waals surface area contributed by atoms with E-state index < -0.39 is 24.1 Å². The third kappa shape index (κ3) is 8.38. The van der Waals surface area contributed by atoms with Gasteiger partial charge in [-0.1, -0.05) is 91.0 Å². The van der Waals surface area contributed by atoms with Crippen molar-refractivity contribution in [3.8, 4) is 0 Å². The first-order chi connectivity index (χ1) is 20.5. The Labute approximate surface area is 243 Å². The minimum absolute atomic E-state index is 0.00356. The summed E-state index contributed by atoms with van der Waals surface area (Å²) in [5.74, 6) is 0.0487. The van der Waals surface area contributed by atoms with Gasteiger partial charge in [-0.25, -0.2) is 4.98 Å². The monoisotopic (exact) mass is 577 g/mol. The molecule has 0 saturated heterocycles. The number of hydrogen-bond donors (Lipinski definition) is 1. The Hall–Kier alpha value is -3.79. The van der Waals surface area contributed by atoms with Crippen molar-refractivity contribution < 1.29 is 27.4 Å². The van der Waals surface area contributed by atoms with Gasteiger partial charge in [0.1, 0.15) is 11.9 Å². The van der Waals surface area contributed by atoms with E-state index >= 15 is 0 Å². The quantitative estimate of drug-likeness (QED) is 0.194. The second-order valence-electron chi connectivity index (χ2n) is 10.4. The summed E-state index contributed by atoms with van der Waals surface area (Å²) in [5.41, 5.74) is 2.03. The van der Waals surface area contributed by atoms with E-state index in [2.05, 4.69) is 15.3 Å². The van der Waals surface area contributed by atoms with Crippen molar-refractivity contribution in [2.75, 3.05) is 11.9 Å². The highest BCUT2D eigenvalue weighted by Gasteiger charge is 2.42. The van der Waals surface area contributed by atoms with Gasteiger partial charge in [0.05, 0.1) is 51.0 Å². The first-order valence-electron chi connectivity index (χ1n) is 14.0. The third-order valence-corrected chi connectivity index (χ3v) is 7.31. The Morgan fingerprint density at radius 1 is 0.690 bits per heavy atom. The summed E-state index contributed by atoms with van der Waals surface area (Å²) < 4.78 is 59.3. The molecule has 9 heteroatoms. The molecule has 0 bridgehead atoms. The van der Waals surface area contributed by atoms with E-state index in [4.69, 9.17) is 14.2 Å².